The van der Waals surface area contributed by atoms with Gasteiger partial charge in [0, 0.05) is 42.4 Å². The van der Waals surface area contributed by atoms with Crippen molar-refractivity contribution in [2.75, 3.05) is 25.6 Å². The summed E-state index contributed by atoms with van der Waals surface area (Å²) in [5.41, 5.74) is 2.97. The van der Waals surface area contributed by atoms with E-state index in [0.29, 0.717) is 55.1 Å². The van der Waals surface area contributed by atoms with Gasteiger partial charge in [0.1, 0.15) is 13.2 Å². The second kappa shape index (κ2) is 11.6. The molecule has 3 aromatic rings. The van der Waals surface area contributed by atoms with Gasteiger partial charge in [-0.25, -0.2) is 4.98 Å². The number of aliphatic carboxylic acids is 1. The number of pyridine rings is 2. The predicted octanol–water partition coefficient (Wildman–Crippen LogP) is 3.71. The molecule has 1 aliphatic carbocycles. The summed E-state index contributed by atoms with van der Waals surface area (Å²) in [5.74, 6) is 0.877. The SMILES string of the molecule is COc1ccc2c(CCC(=O)O)ccc(NC(=O)C3CCC(NCc4cc5c(cn4)OCCO5)CC3)c2n1. The van der Waals surface area contributed by atoms with Crippen LogP contribution in [0.3, 0.4) is 0 Å². The van der Waals surface area contributed by atoms with Crippen LogP contribution >= 0.6 is 0 Å². The Hall–Kier alpha value is -3.92. The van der Waals surface area contributed by atoms with Gasteiger partial charge in [-0.1, -0.05) is 6.07 Å². The average Bonchev–Trinajstić information content (AvgIpc) is 2.95. The Bertz CT molecular complexity index is 1320. The summed E-state index contributed by atoms with van der Waals surface area (Å²) in [7, 11) is 1.54. The second-order valence-corrected chi connectivity index (χ2v) is 9.65. The number of fused-ring (bicyclic) bond motifs is 2. The Balaban J connectivity index is 1.18. The van der Waals surface area contributed by atoms with Crippen molar-refractivity contribution in [1.82, 2.24) is 15.3 Å². The van der Waals surface area contributed by atoms with Crippen molar-refractivity contribution >= 4 is 28.5 Å². The highest BCUT2D eigenvalue weighted by molar-refractivity contribution is 6.02. The molecule has 2 aromatic heterocycles. The van der Waals surface area contributed by atoms with Crippen LogP contribution in [0.25, 0.3) is 10.9 Å². The van der Waals surface area contributed by atoms with Crippen molar-refractivity contribution in [3.05, 3.63) is 47.8 Å². The third-order valence-corrected chi connectivity index (χ3v) is 7.15. The Kier molecular flexibility index (Phi) is 7.88. The molecular weight excluding hydrogens is 488 g/mol. The normalized spacial score (nSPS) is 18.7. The smallest absolute Gasteiger partial charge is 0.303 e. The van der Waals surface area contributed by atoms with E-state index >= 15 is 0 Å². The molecule has 1 aromatic carbocycles. The summed E-state index contributed by atoms with van der Waals surface area (Å²) >= 11 is 0. The van der Waals surface area contributed by atoms with E-state index in [1.807, 2.05) is 18.2 Å². The van der Waals surface area contributed by atoms with E-state index in [4.69, 9.17) is 19.3 Å². The molecule has 0 bridgehead atoms. The van der Waals surface area contributed by atoms with Gasteiger partial charge < -0.3 is 30.0 Å². The van der Waals surface area contributed by atoms with Crippen LogP contribution in [-0.2, 0) is 22.6 Å². The van der Waals surface area contributed by atoms with Crippen LogP contribution in [0, 0.1) is 5.92 Å². The number of carbonyl (C=O) groups is 2. The molecule has 1 saturated carbocycles. The number of nitrogens with one attached hydrogen (secondary N) is 2. The molecule has 200 valence electrons. The van der Waals surface area contributed by atoms with E-state index in [1.165, 1.54) is 7.11 Å². The van der Waals surface area contributed by atoms with E-state index in [9.17, 15) is 9.59 Å². The predicted molar refractivity (Wildman–Crippen MR) is 141 cm³/mol. The number of benzene rings is 1. The summed E-state index contributed by atoms with van der Waals surface area (Å²) in [6, 6.07) is 9.50. The molecule has 0 atom stereocenters. The third-order valence-electron chi connectivity index (χ3n) is 7.15. The first-order chi connectivity index (χ1) is 18.5. The van der Waals surface area contributed by atoms with Crippen LogP contribution in [-0.4, -0.2) is 53.3 Å². The van der Waals surface area contributed by atoms with Gasteiger partial charge >= 0.3 is 5.97 Å². The highest BCUT2D eigenvalue weighted by Crippen LogP contribution is 2.32. The van der Waals surface area contributed by atoms with Crippen LogP contribution < -0.4 is 24.8 Å². The molecule has 5 rings (SSSR count). The maximum absolute atomic E-state index is 13.2. The van der Waals surface area contributed by atoms with Gasteiger partial charge in [0.15, 0.2) is 11.5 Å². The van der Waals surface area contributed by atoms with Gasteiger partial charge in [-0.3, -0.25) is 14.6 Å². The van der Waals surface area contributed by atoms with E-state index in [0.717, 1.165) is 48.1 Å². The van der Waals surface area contributed by atoms with E-state index in [1.54, 1.807) is 18.3 Å². The molecule has 3 N–H and O–H groups in total. The zero-order valence-corrected chi connectivity index (χ0v) is 21.4. The highest BCUT2D eigenvalue weighted by Gasteiger charge is 2.27. The minimum atomic E-state index is -0.857. The van der Waals surface area contributed by atoms with Crippen molar-refractivity contribution in [2.45, 2.75) is 51.1 Å². The fourth-order valence-corrected chi connectivity index (χ4v) is 5.06. The molecular formula is C28H32N4O6. The summed E-state index contributed by atoms with van der Waals surface area (Å²) < 4.78 is 16.5. The number of methoxy groups -OCH3 is 1. The van der Waals surface area contributed by atoms with Crippen LogP contribution in [0.5, 0.6) is 17.4 Å². The molecule has 3 heterocycles. The number of amides is 1. The number of aryl methyl sites for hydroxylation is 1. The first-order valence-corrected chi connectivity index (χ1v) is 13.0. The minimum absolute atomic E-state index is 0.0227. The van der Waals surface area contributed by atoms with Gasteiger partial charge in [0.05, 0.1) is 30.2 Å². The molecule has 2 aliphatic rings. The number of rotatable bonds is 9. The van der Waals surface area contributed by atoms with Crippen molar-refractivity contribution < 1.29 is 28.9 Å². The number of hydrogen-bond donors (Lipinski definition) is 3. The lowest BCUT2D eigenvalue weighted by atomic mass is 9.85. The molecule has 1 amide bonds. The number of carboxylic acid groups (broad SMARTS) is 1. The zero-order valence-electron chi connectivity index (χ0n) is 21.4. The highest BCUT2D eigenvalue weighted by atomic mass is 16.6. The standard InChI is InChI=1S/C28H32N4O6/c1-36-25-10-8-21-17(5-11-26(33)34)4-9-22(27(21)32-25)31-28(35)18-2-6-19(7-3-18)29-15-20-14-23-24(16-30-20)38-13-12-37-23/h4,8-10,14,16,18-19,29H,2-3,5-7,11-13,15H2,1H3,(H,31,35)(H,33,34). The molecule has 0 radical (unpaired) electrons. The molecule has 10 heteroatoms. The number of aromatic nitrogens is 2. The van der Waals surface area contributed by atoms with Gasteiger partial charge in [0.25, 0.3) is 0 Å². The quantitative estimate of drug-likeness (QED) is 0.386. The second-order valence-electron chi connectivity index (χ2n) is 9.65. The van der Waals surface area contributed by atoms with Crippen LogP contribution in [0.4, 0.5) is 5.69 Å². The van der Waals surface area contributed by atoms with Gasteiger partial charge in [-0.2, -0.15) is 0 Å². The average molecular weight is 521 g/mol. The third kappa shape index (κ3) is 5.96. The molecule has 10 nitrogen and oxygen atoms in total. The van der Waals surface area contributed by atoms with Gasteiger partial charge in [0.2, 0.25) is 11.8 Å². The van der Waals surface area contributed by atoms with Crippen molar-refractivity contribution in [2.24, 2.45) is 5.92 Å². The fourth-order valence-electron chi connectivity index (χ4n) is 5.06. The summed E-state index contributed by atoms with van der Waals surface area (Å²) in [6.07, 6.45) is 5.46. The van der Waals surface area contributed by atoms with Crippen molar-refractivity contribution in [3.8, 4) is 17.4 Å². The molecule has 0 unspecified atom stereocenters. The summed E-state index contributed by atoms with van der Waals surface area (Å²) in [5, 5.41) is 16.5. The Morgan fingerprint density at radius 3 is 2.63 bits per heavy atom. The minimum Gasteiger partial charge on any atom is -0.486 e. The Morgan fingerprint density at radius 1 is 1.08 bits per heavy atom. The van der Waals surface area contributed by atoms with Crippen molar-refractivity contribution in [1.29, 1.82) is 0 Å². The molecule has 0 saturated heterocycles. The van der Waals surface area contributed by atoms with Gasteiger partial charge in [-0.15, -0.1) is 0 Å². The Morgan fingerprint density at radius 2 is 1.87 bits per heavy atom. The first-order valence-electron chi connectivity index (χ1n) is 13.0. The lowest BCUT2D eigenvalue weighted by Crippen LogP contribution is -2.36. The summed E-state index contributed by atoms with van der Waals surface area (Å²) in [4.78, 5) is 33.3. The first kappa shape index (κ1) is 25.7. The number of ether oxygens (including phenoxy) is 3. The largest absolute Gasteiger partial charge is 0.486 e. The van der Waals surface area contributed by atoms with Crippen LogP contribution in [0.15, 0.2) is 36.5 Å². The number of nitrogens with zero attached hydrogens (tertiary/aromatic N) is 2. The zero-order chi connectivity index (χ0) is 26.5. The molecule has 1 fully saturated rings. The summed E-state index contributed by atoms with van der Waals surface area (Å²) in [6.45, 7) is 1.72. The molecule has 38 heavy (non-hydrogen) atoms. The lowest BCUT2D eigenvalue weighted by Gasteiger charge is -2.28. The molecule has 1 aliphatic heterocycles. The van der Waals surface area contributed by atoms with Gasteiger partial charge in [-0.05, 0) is 49.8 Å². The van der Waals surface area contributed by atoms with E-state index < -0.39 is 5.97 Å². The number of hydrogen-bond acceptors (Lipinski definition) is 8. The van der Waals surface area contributed by atoms with E-state index in [2.05, 4.69) is 20.6 Å². The maximum atomic E-state index is 13.2. The monoisotopic (exact) mass is 520 g/mol. The topological polar surface area (TPSA) is 132 Å². The van der Waals surface area contributed by atoms with Crippen LogP contribution in [0.1, 0.15) is 43.4 Å². The molecule has 0 spiro atoms. The Labute approximate surface area is 220 Å². The number of carbonyl (C=O) groups excluding carboxylic acids is 1. The van der Waals surface area contributed by atoms with E-state index in [-0.39, 0.29) is 18.2 Å². The van der Waals surface area contributed by atoms with Crippen LogP contribution in [0.2, 0.25) is 0 Å². The number of anilines is 1. The maximum Gasteiger partial charge on any atom is 0.303 e. The number of carboxylic acids is 1. The lowest BCUT2D eigenvalue weighted by molar-refractivity contribution is -0.137. The van der Waals surface area contributed by atoms with Crippen molar-refractivity contribution in [3.63, 3.8) is 0 Å². The fraction of sp³-hybridized carbons (Fsp3) is 0.429.